The Kier molecular flexibility index (Phi) is 4.76. The molecule has 5 heteroatoms. The predicted octanol–water partition coefficient (Wildman–Crippen LogP) is 1.74. The molecule has 1 aromatic carbocycles. The molecule has 90 valence electrons. The lowest BCUT2D eigenvalue weighted by atomic mass is 10.1. The molecule has 0 spiro atoms. The van der Waals surface area contributed by atoms with Crippen LogP contribution in [-0.2, 0) is 6.42 Å². The largest absolute Gasteiger partial charge is 0.401 e. The topological polar surface area (TPSA) is 32.3 Å². The van der Waals surface area contributed by atoms with Crippen LogP contribution in [0.2, 0.25) is 0 Å². The molecule has 2 nitrogen and oxygen atoms in total. The smallest absolute Gasteiger partial charge is 0.395 e. The van der Waals surface area contributed by atoms with E-state index in [4.69, 9.17) is 5.11 Å². The summed E-state index contributed by atoms with van der Waals surface area (Å²) < 4.78 is 35.8. The first kappa shape index (κ1) is 13.0. The van der Waals surface area contributed by atoms with E-state index in [1.165, 1.54) is 0 Å². The maximum absolute atomic E-state index is 11.9. The van der Waals surface area contributed by atoms with Crippen molar-refractivity contribution in [3.05, 3.63) is 35.9 Å². The SMILES string of the molecule is OCC(Cc1ccccc1)NCC(F)(F)F. The quantitative estimate of drug-likeness (QED) is 0.812. The Morgan fingerprint density at radius 3 is 2.31 bits per heavy atom. The minimum Gasteiger partial charge on any atom is -0.395 e. The first-order chi connectivity index (χ1) is 7.51. The van der Waals surface area contributed by atoms with Crippen LogP contribution in [0.25, 0.3) is 0 Å². The van der Waals surface area contributed by atoms with Gasteiger partial charge in [0.05, 0.1) is 13.2 Å². The Bertz CT molecular complexity index is 300. The molecule has 1 atom stereocenters. The zero-order valence-electron chi connectivity index (χ0n) is 8.67. The van der Waals surface area contributed by atoms with E-state index < -0.39 is 18.8 Å². The molecule has 0 fully saturated rings. The Balaban J connectivity index is 2.44. The van der Waals surface area contributed by atoms with Crippen LogP contribution in [0.5, 0.6) is 0 Å². The van der Waals surface area contributed by atoms with Crippen LogP contribution in [-0.4, -0.2) is 30.5 Å². The highest BCUT2D eigenvalue weighted by Crippen LogP contribution is 2.13. The number of nitrogens with one attached hydrogen (secondary N) is 1. The van der Waals surface area contributed by atoms with Crippen LogP contribution in [0, 0.1) is 0 Å². The molecule has 2 N–H and O–H groups in total. The average Bonchev–Trinajstić information content (AvgIpc) is 2.24. The molecule has 0 aliphatic carbocycles. The number of aliphatic hydroxyl groups is 1. The van der Waals surface area contributed by atoms with E-state index in [2.05, 4.69) is 5.32 Å². The molecule has 0 bridgehead atoms. The highest BCUT2D eigenvalue weighted by Gasteiger charge is 2.27. The molecular weight excluding hydrogens is 219 g/mol. The van der Waals surface area contributed by atoms with Crippen molar-refractivity contribution in [3.63, 3.8) is 0 Å². The van der Waals surface area contributed by atoms with E-state index in [0.717, 1.165) is 5.56 Å². The number of aliphatic hydroxyl groups excluding tert-OH is 1. The van der Waals surface area contributed by atoms with Gasteiger partial charge in [-0.25, -0.2) is 0 Å². The van der Waals surface area contributed by atoms with Crippen LogP contribution < -0.4 is 5.32 Å². The third-order valence-corrected chi connectivity index (χ3v) is 2.14. The minimum absolute atomic E-state index is 0.315. The number of hydrogen-bond acceptors (Lipinski definition) is 2. The molecule has 0 aliphatic heterocycles. The standard InChI is InChI=1S/C11H14F3NO/c12-11(13,14)8-15-10(7-16)6-9-4-2-1-3-5-9/h1-5,10,15-16H,6-8H2. The highest BCUT2D eigenvalue weighted by atomic mass is 19.4. The van der Waals surface area contributed by atoms with E-state index in [0.29, 0.717) is 6.42 Å². The van der Waals surface area contributed by atoms with Gasteiger partial charge in [-0.15, -0.1) is 0 Å². The van der Waals surface area contributed by atoms with E-state index in [1.54, 1.807) is 0 Å². The van der Waals surface area contributed by atoms with Gasteiger partial charge in [0.1, 0.15) is 0 Å². The lowest BCUT2D eigenvalue weighted by molar-refractivity contribution is -0.126. The van der Waals surface area contributed by atoms with Crippen LogP contribution >= 0.6 is 0 Å². The number of halogens is 3. The number of hydrogen-bond donors (Lipinski definition) is 2. The van der Waals surface area contributed by atoms with Gasteiger partial charge in [0.25, 0.3) is 0 Å². The molecule has 0 aliphatic rings. The lowest BCUT2D eigenvalue weighted by Crippen LogP contribution is -2.40. The fraction of sp³-hybridized carbons (Fsp3) is 0.455. The summed E-state index contributed by atoms with van der Waals surface area (Å²) in [5.41, 5.74) is 0.899. The molecule has 0 heterocycles. The molecular formula is C11H14F3NO. The van der Waals surface area contributed by atoms with Gasteiger partial charge in [0.2, 0.25) is 0 Å². The molecule has 0 aromatic heterocycles. The Morgan fingerprint density at radius 1 is 1.19 bits per heavy atom. The summed E-state index contributed by atoms with van der Waals surface area (Å²) in [6.07, 6.45) is -3.86. The second-order valence-electron chi connectivity index (χ2n) is 3.57. The van der Waals surface area contributed by atoms with E-state index in [-0.39, 0.29) is 6.61 Å². The van der Waals surface area contributed by atoms with Crippen LogP contribution in [0.4, 0.5) is 13.2 Å². The summed E-state index contributed by atoms with van der Waals surface area (Å²) in [4.78, 5) is 0. The second-order valence-corrected chi connectivity index (χ2v) is 3.57. The summed E-state index contributed by atoms with van der Waals surface area (Å²) in [6, 6.07) is 8.53. The van der Waals surface area contributed by atoms with Crippen molar-refractivity contribution in [2.45, 2.75) is 18.6 Å². The van der Waals surface area contributed by atoms with E-state index in [9.17, 15) is 13.2 Å². The number of benzene rings is 1. The molecule has 1 aromatic rings. The first-order valence-electron chi connectivity index (χ1n) is 4.96. The Hall–Kier alpha value is -1.07. The summed E-state index contributed by atoms with van der Waals surface area (Å²) in [5.74, 6) is 0. The van der Waals surface area contributed by atoms with Crippen LogP contribution in [0.1, 0.15) is 5.56 Å². The van der Waals surface area contributed by atoms with Crippen molar-refractivity contribution in [2.75, 3.05) is 13.2 Å². The molecule has 0 saturated heterocycles. The first-order valence-corrected chi connectivity index (χ1v) is 4.96. The van der Waals surface area contributed by atoms with Gasteiger partial charge in [0.15, 0.2) is 0 Å². The average molecular weight is 233 g/mol. The summed E-state index contributed by atoms with van der Waals surface area (Å²) in [6.45, 7) is -1.39. The lowest BCUT2D eigenvalue weighted by Gasteiger charge is -2.17. The predicted molar refractivity (Wildman–Crippen MR) is 55.1 cm³/mol. The third kappa shape index (κ3) is 5.14. The maximum atomic E-state index is 11.9. The molecule has 0 amide bonds. The van der Waals surface area contributed by atoms with E-state index in [1.807, 2.05) is 30.3 Å². The Morgan fingerprint density at radius 2 is 1.81 bits per heavy atom. The number of alkyl halides is 3. The Labute approximate surface area is 92.1 Å². The van der Waals surface area contributed by atoms with Gasteiger partial charge in [-0.05, 0) is 12.0 Å². The van der Waals surface area contributed by atoms with Gasteiger partial charge in [-0.3, -0.25) is 0 Å². The van der Waals surface area contributed by atoms with Crippen molar-refractivity contribution in [1.82, 2.24) is 5.32 Å². The molecule has 0 radical (unpaired) electrons. The third-order valence-electron chi connectivity index (χ3n) is 2.14. The summed E-state index contributed by atoms with van der Waals surface area (Å²) in [5, 5.41) is 11.2. The highest BCUT2D eigenvalue weighted by molar-refractivity contribution is 5.15. The number of rotatable bonds is 5. The second kappa shape index (κ2) is 5.86. The van der Waals surface area contributed by atoms with Gasteiger partial charge in [-0.1, -0.05) is 30.3 Å². The van der Waals surface area contributed by atoms with Gasteiger partial charge >= 0.3 is 6.18 Å². The van der Waals surface area contributed by atoms with Gasteiger partial charge in [-0.2, -0.15) is 13.2 Å². The van der Waals surface area contributed by atoms with Crippen molar-refractivity contribution in [2.24, 2.45) is 0 Å². The monoisotopic (exact) mass is 233 g/mol. The fourth-order valence-corrected chi connectivity index (χ4v) is 1.36. The van der Waals surface area contributed by atoms with Crippen LogP contribution in [0.15, 0.2) is 30.3 Å². The van der Waals surface area contributed by atoms with Gasteiger partial charge < -0.3 is 10.4 Å². The minimum atomic E-state index is -4.25. The molecule has 16 heavy (non-hydrogen) atoms. The summed E-state index contributed by atoms with van der Waals surface area (Å²) >= 11 is 0. The summed E-state index contributed by atoms with van der Waals surface area (Å²) in [7, 11) is 0. The zero-order valence-corrected chi connectivity index (χ0v) is 8.67. The van der Waals surface area contributed by atoms with Crippen molar-refractivity contribution < 1.29 is 18.3 Å². The molecule has 1 unspecified atom stereocenters. The van der Waals surface area contributed by atoms with Crippen molar-refractivity contribution >= 4 is 0 Å². The van der Waals surface area contributed by atoms with E-state index >= 15 is 0 Å². The normalized spacial score (nSPS) is 13.8. The molecule has 1 rings (SSSR count). The zero-order chi connectivity index (χ0) is 12.0. The van der Waals surface area contributed by atoms with Gasteiger partial charge in [0, 0.05) is 6.04 Å². The fourth-order valence-electron chi connectivity index (χ4n) is 1.36. The molecule has 0 saturated carbocycles. The van der Waals surface area contributed by atoms with Crippen LogP contribution in [0.3, 0.4) is 0 Å². The maximum Gasteiger partial charge on any atom is 0.401 e. The van der Waals surface area contributed by atoms with Crippen molar-refractivity contribution in [3.8, 4) is 0 Å². The van der Waals surface area contributed by atoms with Crippen molar-refractivity contribution in [1.29, 1.82) is 0 Å².